The topological polar surface area (TPSA) is 52.3 Å². The van der Waals surface area contributed by atoms with E-state index in [2.05, 4.69) is 19.1 Å². The van der Waals surface area contributed by atoms with E-state index in [0.717, 1.165) is 0 Å². The fraction of sp³-hybridized carbons (Fsp3) is 0.357. The number of carbonyl (C=O) groups is 1. The number of hydrogen-bond acceptors (Lipinski definition) is 4. The summed E-state index contributed by atoms with van der Waals surface area (Å²) in [5.41, 5.74) is 7.58. The molecule has 1 aliphatic rings. The molecule has 0 aromatic heterocycles. The molecule has 18 heavy (non-hydrogen) atoms. The summed E-state index contributed by atoms with van der Waals surface area (Å²) in [5.74, 6) is 0.908. The molecule has 0 spiro atoms. The molecule has 3 nitrogen and oxygen atoms in total. The molecule has 0 radical (unpaired) electrons. The van der Waals surface area contributed by atoms with Crippen LogP contribution in [-0.2, 0) is 9.53 Å². The predicted octanol–water partition coefficient (Wildman–Crippen LogP) is 2.64. The number of carbonyl (C=O) groups excluding carboxylic acids is 1. The highest BCUT2D eigenvalue weighted by atomic mass is 32.2. The smallest absolute Gasteiger partial charge is 0.205 e. The number of rotatable bonds is 4. The molecule has 1 aliphatic heterocycles. The van der Waals surface area contributed by atoms with Gasteiger partial charge in [-0.25, -0.2) is 0 Å². The summed E-state index contributed by atoms with van der Waals surface area (Å²) < 4.78 is 5.22. The van der Waals surface area contributed by atoms with Gasteiger partial charge in [0.2, 0.25) is 5.78 Å². The molecule has 2 N–H and O–H groups in total. The minimum atomic E-state index is -0.423. The Balaban J connectivity index is 1.97. The minimum Gasteiger partial charge on any atom is -0.468 e. The molecule has 1 aromatic rings. The van der Waals surface area contributed by atoms with Crippen LogP contribution in [0.3, 0.4) is 0 Å². The van der Waals surface area contributed by atoms with E-state index < -0.39 is 6.10 Å². The van der Waals surface area contributed by atoms with Crippen LogP contribution in [0.2, 0.25) is 0 Å². The lowest BCUT2D eigenvalue weighted by molar-refractivity contribution is -0.120. The van der Waals surface area contributed by atoms with E-state index in [-0.39, 0.29) is 5.78 Å². The van der Waals surface area contributed by atoms with Gasteiger partial charge < -0.3 is 10.5 Å². The molecule has 96 valence electrons. The van der Waals surface area contributed by atoms with Gasteiger partial charge in [-0.2, -0.15) is 0 Å². The van der Waals surface area contributed by atoms with Crippen LogP contribution in [0.5, 0.6) is 0 Å². The van der Waals surface area contributed by atoms with E-state index >= 15 is 0 Å². The van der Waals surface area contributed by atoms with Crippen LogP contribution in [0.1, 0.15) is 24.7 Å². The van der Waals surface area contributed by atoms with Crippen LogP contribution >= 0.6 is 11.8 Å². The van der Waals surface area contributed by atoms with Crippen molar-refractivity contribution in [2.75, 3.05) is 5.75 Å². The molecule has 2 unspecified atom stereocenters. The summed E-state index contributed by atoms with van der Waals surface area (Å²) in [5, 5.41) is 0.329. The minimum absolute atomic E-state index is 0.0141. The van der Waals surface area contributed by atoms with E-state index in [4.69, 9.17) is 10.5 Å². The van der Waals surface area contributed by atoms with Crippen molar-refractivity contribution < 1.29 is 9.53 Å². The maximum Gasteiger partial charge on any atom is 0.205 e. The standard InChI is InChI=1S/C14H17NO2S/c1-9-13(16)12(14(15)17-9)8-18-10(2)11-6-4-3-5-7-11/h3-7,9-10H,8,15H2,1-2H3. The van der Waals surface area contributed by atoms with E-state index in [9.17, 15) is 4.79 Å². The van der Waals surface area contributed by atoms with Gasteiger partial charge in [-0.05, 0) is 19.4 Å². The number of benzene rings is 1. The van der Waals surface area contributed by atoms with E-state index in [0.29, 0.717) is 22.5 Å². The van der Waals surface area contributed by atoms with E-state index in [1.807, 2.05) is 18.2 Å². The van der Waals surface area contributed by atoms with Gasteiger partial charge in [0, 0.05) is 11.0 Å². The maximum atomic E-state index is 11.8. The molecule has 0 fully saturated rings. The maximum absolute atomic E-state index is 11.8. The summed E-state index contributed by atoms with van der Waals surface area (Å²) >= 11 is 1.70. The van der Waals surface area contributed by atoms with Crippen molar-refractivity contribution in [3.05, 3.63) is 47.4 Å². The Kier molecular flexibility index (Phi) is 3.97. The predicted molar refractivity (Wildman–Crippen MR) is 74.1 cm³/mol. The van der Waals surface area contributed by atoms with Crippen LogP contribution in [0.25, 0.3) is 0 Å². The summed E-state index contributed by atoms with van der Waals surface area (Å²) in [6.45, 7) is 3.86. The monoisotopic (exact) mass is 263 g/mol. The quantitative estimate of drug-likeness (QED) is 0.907. The van der Waals surface area contributed by atoms with Gasteiger partial charge in [-0.3, -0.25) is 4.79 Å². The third-order valence-electron chi connectivity index (χ3n) is 3.01. The van der Waals surface area contributed by atoms with Gasteiger partial charge in [0.05, 0.1) is 5.57 Å². The molecule has 0 bridgehead atoms. The Morgan fingerprint density at radius 3 is 2.61 bits per heavy atom. The largest absolute Gasteiger partial charge is 0.468 e. The van der Waals surface area contributed by atoms with E-state index in [1.54, 1.807) is 18.7 Å². The Morgan fingerprint density at radius 1 is 1.39 bits per heavy atom. The fourth-order valence-corrected chi connectivity index (χ4v) is 2.90. The molecular formula is C14H17NO2S. The third-order valence-corrected chi connectivity index (χ3v) is 4.24. The highest BCUT2D eigenvalue weighted by molar-refractivity contribution is 7.99. The molecule has 0 aliphatic carbocycles. The molecule has 2 atom stereocenters. The van der Waals surface area contributed by atoms with Crippen molar-refractivity contribution in [3.8, 4) is 0 Å². The summed E-state index contributed by atoms with van der Waals surface area (Å²) in [6, 6.07) is 10.2. The van der Waals surface area contributed by atoms with E-state index in [1.165, 1.54) is 5.56 Å². The lowest BCUT2D eigenvalue weighted by Crippen LogP contribution is -2.14. The molecule has 1 aromatic carbocycles. The van der Waals surface area contributed by atoms with Crippen LogP contribution in [0.4, 0.5) is 0 Å². The van der Waals surface area contributed by atoms with Gasteiger partial charge in [0.25, 0.3) is 0 Å². The zero-order valence-corrected chi connectivity index (χ0v) is 11.4. The molecule has 2 rings (SSSR count). The van der Waals surface area contributed by atoms with Gasteiger partial charge in [-0.15, -0.1) is 11.8 Å². The summed E-state index contributed by atoms with van der Waals surface area (Å²) in [4.78, 5) is 11.8. The summed E-state index contributed by atoms with van der Waals surface area (Å²) in [6.07, 6.45) is -0.423. The highest BCUT2D eigenvalue weighted by Crippen LogP contribution is 2.31. The third kappa shape index (κ3) is 2.70. The fourth-order valence-electron chi connectivity index (χ4n) is 1.85. The van der Waals surface area contributed by atoms with Crippen molar-refractivity contribution >= 4 is 17.5 Å². The Bertz CT molecular complexity index is 470. The van der Waals surface area contributed by atoms with Gasteiger partial charge in [-0.1, -0.05) is 30.3 Å². The molecule has 1 heterocycles. The zero-order valence-electron chi connectivity index (χ0n) is 10.6. The number of hydrogen-bond donors (Lipinski definition) is 1. The molecule has 4 heteroatoms. The molecular weight excluding hydrogens is 246 g/mol. The second-order valence-electron chi connectivity index (χ2n) is 4.33. The summed E-state index contributed by atoms with van der Waals surface area (Å²) in [7, 11) is 0. The first kappa shape index (κ1) is 13.0. The lowest BCUT2D eigenvalue weighted by atomic mass is 10.1. The normalized spacial score (nSPS) is 21.0. The highest BCUT2D eigenvalue weighted by Gasteiger charge is 2.30. The van der Waals surface area contributed by atoms with Crippen LogP contribution in [-0.4, -0.2) is 17.6 Å². The number of nitrogens with two attached hydrogens (primary N) is 1. The number of ether oxygens (including phenoxy) is 1. The van der Waals surface area contributed by atoms with Crippen molar-refractivity contribution in [2.24, 2.45) is 5.73 Å². The van der Waals surface area contributed by atoms with Gasteiger partial charge >= 0.3 is 0 Å². The second kappa shape index (κ2) is 5.48. The van der Waals surface area contributed by atoms with Crippen molar-refractivity contribution in [1.29, 1.82) is 0 Å². The SMILES string of the molecule is CC1OC(N)=C(CSC(C)c2ccccc2)C1=O. The molecule has 0 amide bonds. The van der Waals surface area contributed by atoms with Crippen LogP contribution in [0.15, 0.2) is 41.8 Å². The van der Waals surface area contributed by atoms with Gasteiger partial charge in [0.1, 0.15) is 0 Å². The second-order valence-corrected chi connectivity index (χ2v) is 5.66. The Morgan fingerprint density at radius 2 is 2.06 bits per heavy atom. The van der Waals surface area contributed by atoms with Crippen LogP contribution in [0, 0.1) is 0 Å². The first-order chi connectivity index (χ1) is 8.59. The average Bonchev–Trinajstić information content (AvgIpc) is 2.62. The molecule has 0 saturated carbocycles. The average molecular weight is 263 g/mol. The van der Waals surface area contributed by atoms with Crippen LogP contribution < -0.4 is 5.73 Å². The zero-order chi connectivity index (χ0) is 13.1. The first-order valence-corrected chi connectivity index (χ1v) is 7.00. The Hall–Kier alpha value is -1.42. The molecule has 0 saturated heterocycles. The van der Waals surface area contributed by atoms with Crippen molar-refractivity contribution in [2.45, 2.75) is 25.2 Å². The number of Topliss-reactive ketones (excluding diaryl/α,β-unsaturated/α-hetero) is 1. The van der Waals surface area contributed by atoms with Crippen molar-refractivity contribution in [1.82, 2.24) is 0 Å². The van der Waals surface area contributed by atoms with Gasteiger partial charge in [0.15, 0.2) is 12.0 Å². The first-order valence-electron chi connectivity index (χ1n) is 5.95. The van der Waals surface area contributed by atoms with Crippen molar-refractivity contribution in [3.63, 3.8) is 0 Å². The number of thioether (sulfide) groups is 1. The Labute approximate surface area is 111 Å². The lowest BCUT2D eigenvalue weighted by Gasteiger charge is -2.11. The number of ketones is 1.